The maximum atomic E-state index is 11.4. The van der Waals surface area contributed by atoms with E-state index in [2.05, 4.69) is 0 Å². The van der Waals surface area contributed by atoms with E-state index in [4.69, 9.17) is 44.3 Å². The molecule has 0 atom stereocenters. The molecule has 0 bridgehead atoms. The summed E-state index contributed by atoms with van der Waals surface area (Å²) in [6.45, 7) is 5.70. The van der Waals surface area contributed by atoms with Crippen molar-refractivity contribution in [2.45, 2.75) is 33.1 Å². The van der Waals surface area contributed by atoms with Crippen LogP contribution in [0.5, 0.6) is 11.5 Å². The molecule has 7 heteroatoms. The summed E-state index contributed by atoms with van der Waals surface area (Å²) < 4.78 is 10.2. The highest BCUT2D eigenvalue weighted by Gasteiger charge is 2.17. The Balaban J connectivity index is 2.25. The minimum absolute atomic E-state index is 0.0713. The van der Waals surface area contributed by atoms with Crippen LogP contribution in [0.15, 0.2) is 24.3 Å². The van der Waals surface area contributed by atoms with Gasteiger partial charge in [0.1, 0.15) is 11.5 Å². The van der Waals surface area contributed by atoms with Crippen LogP contribution in [-0.4, -0.2) is 24.3 Å². The van der Waals surface area contributed by atoms with Crippen molar-refractivity contribution in [3.63, 3.8) is 0 Å². The molecule has 2 rings (SSSR count). The van der Waals surface area contributed by atoms with E-state index < -0.39 is 5.97 Å². The zero-order valence-corrected chi connectivity index (χ0v) is 17.6. The fourth-order valence-corrected chi connectivity index (χ4v) is 3.73. The Labute approximate surface area is 174 Å². The highest BCUT2D eigenvalue weighted by atomic mass is 35.5. The molecule has 4 nitrogen and oxygen atoms in total. The average Bonchev–Trinajstić information content (AvgIpc) is 2.58. The first kappa shape index (κ1) is 21.7. The predicted octanol–water partition coefficient (Wildman–Crippen LogP) is 6.01. The van der Waals surface area contributed by atoms with Gasteiger partial charge in [-0.25, -0.2) is 4.79 Å². The highest BCUT2D eigenvalue weighted by molar-refractivity contribution is 6.36. The first-order valence-corrected chi connectivity index (χ1v) is 9.64. The number of carbonyl (C=O) groups excluding carboxylic acids is 1. The fraction of sp³-hybridized carbons (Fsp3) is 0.350. The van der Waals surface area contributed by atoms with Crippen LogP contribution in [0.2, 0.25) is 15.1 Å². The Kier molecular flexibility index (Phi) is 7.66. The van der Waals surface area contributed by atoms with Gasteiger partial charge in [0, 0.05) is 22.0 Å². The van der Waals surface area contributed by atoms with Crippen LogP contribution < -0.4 is 4.74 Å². The van der Waals surface area contributed by atoms with Crippen molar-refractivity contribution < 1.29 is 19.4 Å². The molecule has 146 valence electrons. The van der Waals surface area contributed by atoms with Gasteiger partial charge >= 0.3 is 5.97 Å². The second-order valence-corrected chi connectivity index (χ2v) is 7.45. The lowest BCUT2D eigenvalue weighted by molar-refractivity contribution is -0.145. The summed E-state index contributed by atoms with van der Waals surface area (Å²) in [4.78, 5) is 11.4. The SMILES string of the molecule is CCOC(=O)COc1cc(Cl)c(Cc2ccc(O)c(C(C)C)c2Cl)c(Cl)c1. The maximum Gasteiger partial charge on any atom is 0.344 e. The van der Waals surface area contributed by atoms with Gasteiger partial charge in [0.2, 0.25) is 0 Å². The van der Waals surface area contributed by atoms with Gasteiger partial charge < -0.3 is 14.6 Å². The summed E-state index contributed by atoms with van der Waals surface area (Å²) in [5.74, 6) is 0.146. The number of rotatable bonds is 7. The molecule has 1 N–H and O–H groups in total. The molecule has 0 aromatic heterocycles. The number of hydrogen-bond acceptors (Lipinski definition) is 4. The van der Waals surface area contributed by atoms with E-state index in [1.165, 1.54) is 0 Å². The molecule has 0 aliphatic carbocycles. The van der Waals surface area contributed by atoms with E-state index in [9.17, 15) is 9.90 Å². The Bertz CT molecular complexity index is 811. The summed E-state index contributed by atoms with van der Waals surface area (Å²) in [5.41, 5.74) is 2.18. The second kappa shape index (κ2) is 9.54. The zero-order chi connectivity index (χ0) is 20.1. The van der Waals surface area contributed by atoms with Gasteiger partial charge in [-0.2, -0.15) is 0 Å². The Morgan fingerprint density at radius 2 is 1.78 bits per heavy atom. The summed E-state index contributed by atoms with van der Waals surface area (Å²) in [6, 6.07) is 6.57. The lowest BCUT2D eigenvalue weighted by Crippen LogP contribution is -2.14. The minimum Gasteiger partial charge on any atom is -0.508 e. The molecule has 0 unspecified atom stereocenters. The van der Waals surface area contributed by atoms with Crippen LogP contribution in [0.3, 0.4) is 0 Å². The van der Waals surface area contributed by atoms with Crippen molar-refractivity contribution in [3.05, 3.63) is 56.0 Å². The standard InChI is InChI=1S/C20H21Cl3O4/c1-4-26-18(25)10-27-13-8-15(21)14(16(22)9-13)7-12-5-6-17(24)19(11(2)3)20(12)23/h5-6,8-9,11,24H,4,7,10H2,1-3H3. The number of phenolic OH excluding ortho intramolecular Hbond substituents is 1. The van der Waals surface area contributed by atoms with E-state index in [-0.39, 0.29) is 24.9 Å². The van der Waals surface area contributed by atoms with Gasteiger partial charge in [-0.15, -0.1) is 0 Å². The maximum absolute atomic E-state index is 11.4. The second-order valence-electron chi connectivity index (χ2n) is 6.26. The van der Waals surface area contributed by atoms with Crippen LogP contribution in [0.4, 0.5) is 0 Å². The lowest BCUT2D eigenvalue weighted by Gasteiger charge is -2.16. The van der Waals surface area contributed by atoms with Gasteiger partial charge in [0.15, 0.2) is 6.61 Å². The van der Waals surface area contributed by atoms with Crippen LogP contribution in [0.25, 0.3) is 0 Å². The minimum atomic E-state index is -0.467. The lowest BCUT2D eigenvalue weighted by atomic mass is 9.96. The summed E-state index contributed by atoms with van der Waals surface area (Å²) >= 11 is 19.2. The average molecular weight is 432 g/mol. The molecule has 0 amide bonds. The molecule has 2 aromatic carbocycles. The number of esters is 1. The largest absolute Gasteiger partial charge is 0.508 e. The van der Waals surface area contributed by atoms with Gasteiger partial charge in [0.05, 0.1) is 11.6 Å². The summed E-state index contributed by atoms with van der Waals surface area (Å²) in [6.07, 6.45) is 0.397. The number of phenols is 1. The molecular weight excluding hydrogens is 411 g/mol. The third-order valence-electron chi connectivity index (χ3n) is 3.96. The quantitative estimate of drug-likeness (QED) is 0.546. The first-order valence-electron chi connectivity index (χ1n) is 8.51. The van der Waals surface area contributed by atoms with E-state index in [1.807, 2.05) is 13.8 Å². The fourth-order valence-electron chi connectivity index (χ4n) is 2.68. The predicted molar refractivity (Wildman–Crippen MR) is 109 cm³/mol. The third-order valence-corrected chi connectivity index (χ3v) is 5.08. The molecule has 0 spiro atoms. The Morgan fingerprint density at radius 3 is 2.33 bits per heavy atom. The van der Waals surface area contributed by atoms with Crippen molar-refractivity contribution in [1.82, 2.24) is 0 Å². The molecule has 0 saturated carbocycles. The smallest absolute Gasteiger partial charge is 0.344 e. The van der Waals surface area contributed by atoms with Crippen LogP contribution >= 0.6 is 34.8 Å². The monoisotopic (exact) mass is 430 g/mol. The van der Waals surface area contributed by atoms with Gasteiger partial charge in [0.25, 0.3) is 0 Å². The van der Waals surface area contributed by atoms with Gasteiger partial charge in [-0.3, -0.25) is 0 Å². The highest BCUT2D eigenvalue weighted by Crippen LogP contribution is 2.38. The molecule has 0 fully saturated rings. The van der Waals surface area contributed by atoms with Crippen molar-refractivity contribution in [3.8, 4) is 11.5 Å². The molecule has 0 aliphatic heterocycles. The normalized spacial score (nSPS) is 10.9. The first-order chi connectivity index (χ1) is 12.7. The summed E-state index contributed by atoms with van der Waals surface area (Å²) in [7, 11) is 0. The number of ether oxygens (including phenoxy) is 2. The van der Waals surface area contributed by atoms with Gasteiger partial charge in [-0.1, -0.05) is 54.7 Å². The number of aromatic hydroxyl groups is 1. The number of halogens is 3. The summed E-state index contributed by atoms with van der Waals surface area (Å²) in [5, 5.41) is 11.3. The van der Waals surface area contributed by atoms with Crippen LogP contribution in [0, 0.1) is 0 Å². The number of carbonyl (C=O) groups is 1. The Morgan fingerprint density at radius 1 is 1.15 bits per heavy atom. The van der Waals surface area contributed by atoms with Crippen LogP contribution in [-0.2, 0) is 16.0 Å². The number of benzene rings is 2. The van der Waals surface area contributed by atoms with Crippen molar-refractivity contribution >= 4 is 40.8 Å². The van der Waals surface area contributed by atoms with Crippen molar-refractivity contribution in [1.29, 1.82) is 0 Å². The molecule has 0 heterocycles. The molecule has 0 radical (unpaired) electrons. The molecule has 0 aliphatic rings. The molecule has 2 aromatic rings. The zero-order valence-electron chi connectivity index (χ0n) is 15.3. The third kappa shape index (κ3) is 5.44. The van der Waals surface area contributed by atoms with E-state index in [0.29, 0.717) is 38.4 Å². The van der Waals surface area contributed by atoms with E-state index in [1.54, 1.807) is 31.2 Å². The van der Waals surface area contributed by atoms with Crippen molar-refractivity contribution in [2.75, 3.05) is 13.2 Å². The topological polar surface area (TPSA) is 55.8 Å². The molecular formula is C20H21Cl3O4. The van der Waals surface area contributed by atoms with Gasteiger partial charge in [-0.05, 0) is 42.2 Å². The molecule has 0 saturated heterocycles. The van der Waals surface area contributed by atoms with E-state index in [0.717, 1.165) is 5.56 Å². The van der Waals surface area contributed by atoms with Crippen LogP contribution in [0.1, 0.15) is 43.4 Å². The molecule has 27 heavy (non-hydrogen) atoms. The van der Waals surface area contributed by atoms with E-state index >= 15 is 0 Å². The van der Waals surface area contributed by atoms with Crippen molar-refractivity contribution in [2.24, 2.45) is 0 Å². The Hall–Kier alpha value is -1.62. The number of hydrogen-bond donors (Lipinski definition) is 1.